The average molecular weight is 254 g/mol. The average Bonchev–Trinajstić information content (AvgIpc) is 2.46. The zero-order valence-corrected chi connectivity index (χ0v) is 10.9. The molecule has 6 heteroatoms. The van der Waals surface area contributed by atoms with Crippen LogP contribution in [0.1, 0.15) is 12.8 Å². The van der Waals surface area contributed by atoms with Crippen molar-refractivity contribution in [3.63, 3.8) is 0 Å². The van der Waals surface area contributed by atoms with Crippen LogP contribution in [0.5, 0.6) is 0 Å². The molecule has 2 aliphatic heterocycles. The van der Waals surface area contributed by atoms with Gasteiger partial charge in [0.25, 0.3) is 0 Å². The van der Waals surface area contributed by atoms with Crippen LogP contribution in [-0.2, 0) is 9.59 Å². The largest absolute Gasteiger partial charge is 0.359 e. The fraction of sp³-hybridized carbons (Fsp3) is 0.833. The van der Waals surface area contributed by atoms with Gasteiger partial charge in [0.2, 0.25) is 11.8 Å². The molecular weight excluding hydrogens is 232 g/mol. The lowest BCUT2D eigenvalue weighted by molar-refractivity contribution is -0.137. The van der Waals surface area contributed by atoms with E-state index in [9.17, 15) is 9.59 Å². The minimum atomic E-state index is -0.137. The van der Waals surface area contributed by atoms with Crippen molar-refractivity contribution in [1.82, 2.24) is 20.9 Å². The molecule has 0 aromatic heterocycles. The summed E-state index contributed by atoms with van der Waals surface area (Å²) in [6.07, 6.45) is 1.78. The van der Waals surface area contributed by atoms with Gasteiger partial charge in [-0.3, -0.25) is 9.59 Å². The van der Waals surface area contributed by atoms with Crippen molar-refractivity contribution in [3.8, 4) is 0 Å². The number of carbonyl (C=O) groups excluding carboxylic acids is 2. The molecular formula is C12H22N4O2. The lowest BCUT2D eigenvalue weighted by Gasteiger charge is -2.35. The number of piperidine rings is 1. The predicted octanol–water partition coefficient (Wildman–Crippen LogP) is -1.47. The maximum Gasteiger partial charge on any atom is 0.241 e. The summed E-state index contributed by atoms with van der Waals surface area (Å²) in [5, 5.41) is 9.10. The second-order valence-electron chi connectivity index (χ2n) is 4.95. The zero-order valence-electron chi connectivity index (χ0n) is 10.9. The van der Waals surface area contributed by atoms with Gasteiger partial charge >= 0.3 is 0 Å². The van der Waals surface area contributed by atoms with Gasteiger partial charge in [0.1, 0.15) is 0 Å². The van der Waals surface area contributed by atoms with Crippen LogP contribution in [0.15, 0.2) is 0 Å². The fourth-order valence-corrected chi connectivity index (χ4v) is 2.64. The highest BCUT2D eigenvalue weighted by Crippen LogP contribution is 2.17. The van der Waals surface area contributed by atoms with Crippen molar-refractivity contribution in [2.45, 2.75) is 18.9 Å². The summed E-state index contributed by atoms with van der Waals surface area (Å²) in [7, 11) is 1.65. The van der Waals surface area contributed by atoms with Crippen LogP contribution in [0, 0.1) is 5.92 Å². The molecule has 2 rings (SSSR count). The van der Waals surface area contributed by atoms with Gasteiger partial charge < -0.3 is 20.9 Å². The van der Waals surface area contributed by atoms with Crippen molar-refractivity contribution in [3.05, 3.63) is 0 Å². The second-order valence-corrected chi connectivity index (χ2v) is 4.95. The van der Waals surface area contributed by atoms with E-state index in [1.807, 2.05) is 4.90 Å². The number of likely N-dealkylation sites (tertiary alicyclic amines) is 1. The highest BCUT2D eigenvalue weighted by Gasteiger charge is 2.31. The smallest absolute Gasteiger partial charge is 0.241 e. The van der Waals surface area contributed by atoms with Gasteiger partial charge in [0.05, 0.1) is 12.0 Å². The number of hydrogen-bond donors (Lipinski definition) is 3. The van der Waals surface area contributed by atoms with Crippen LogP contribution in [0.25, 0.3) is 0 Å². The first-order valence-corrected chi connectivity index (χ1v) is 6.67. The number of rotatable bonds is 2. The van der Waals surface area contributed by atoms with E-state index in [-0.39, 0.29) is 23.8 Å². The van der Waals surface area contributed by atoms with Crippen molar-refractivity contribution in [2.24, 2.45) is 5.92 Å². The monoisotopic (exact) mass is 254 g/mol. The Hall–Kier alpha value is -1.14. The van der Waals surface area contributed by atoms with Gasteiger partial charge in [-0.1, -0.05) is 0 Å². The normalized spacial score (nSPS) is 28.8. The molecule has 2 atom stereocenters. The highest BCUT2D eigenvalue weighted by molar-refractivity contribution is 5.84. The topological polar surface area (TPSA) is 73.5 Å². The molecule has 0 bridgehead atoms. The highest BCUT2D eigenvalue weighted by atomic mass is 16.2. The Morgan fingerprint density at radius 3 is 2.83 bits per heavy atom. The maximum atomic E-state index is 12.3. The van der Waals surface area contributed by atoms with Crippen molar-refractivity contribution >= 4 is 11.8 Å². The predicted molar refractivity (Wildman–Crippen MR) is 68.0 cm³/mol. The number of hydrogen-bond acceptors (Lipinski definition) is 4. The molecule has 0 aromatic carbocycles. The standard InChI is InChI=1S/C12H22N4O2/c1-13-11(17)9-3-2-6-16(8-9)12(18)10-7-14-4-5-15-10/h9-10,14-15H,2-8H2,1H3,(H,13,17). The molecule has 2 saturated heterocycles. The van der Waals surface area contributed by atoms with E-state index < -0.39 is 0 Å². The third-order valence-corrected chi connectivity index (χ3v) is 3.69. The van der Waals surface area contributed by atoms with Crippen LogP contribution in [-0.4, -0.2) is 62.5 Å². The number of carbonyl (C=O) groups is 2. The Morgan fingerprint density at radius 2 is 2.17 bits per heavy atom. The quantitative estimate of drug-likeness (QED) is 0.563. The van der Waals surface area contributed by atoms with E-state index in [1.54, 1.807) is 7.05 Å². The van der Waals surface area contributed by atoms with Gasteiger partial charge in [-0.25, -0.2) is 0 Å². The molecule has 0 aliphatic carbocycles. The van der Waals surface area contributed by atoms with E-state index >= 15 is 0 Å². The van der Waals surface area contributed by atoms with E-state index in [0.29, 0.717) is 13.1 Å². The van der Waals surface area contributed by atoms with E-state index in [4.69, 9.17) is 0 Å². The Balaban J connectivity index is 1.91. The zero-order chi connectivity index (χ0) is 13.0. The summed E-state index contributed by atoms with van der Waals surface area (Å²) < 4.78 is 0. The second kappa shape index (κ2) is 6.15. The summed E-state index contributed by atoms with van der Waals surface area (Å²) in [5.74, 6) is 0.113. The van der Waals surface area contributed by atoms with Crippen LogP contribution >= 0.6 is 0 Å². The first-order valence-electron chi connectivity index (χ1n) is 6.67. The van der Waals surface area contributed by atoms with Gasteiger partial charge in [0.15, 0.2) is 0 Å². The van der Waals surface area contributed by atoms with Crippen LogP contribution in [0.2, 0.25) is 0 Å². The lowest BCUT2D eigenvalue weighted by atomic mass is 9.96. The van der Waals surface area contributed by atoms with Crippen molar-refractivity contribution < 1.29 is 9.59 Å². The van der Waals surface area contributed by atoms with E-state index in [0.717, 1.165) is 32.5 Å². The molecule has 2 aliphatic rings. The molecule has 18 heavy (non-hydrogen) atoms. The Bertz CT molecular complexity index is 315. The van der Waals surface area contributed by atoms with Crippen LogP contribution in [0.4, 0.5) is 0 Å². The van der Waals surface area contributed by atoms with Gasteiger partial charge in [-0.05, 0) is 12.8 Å². The van der Waals surface area contributed by atoms with Gasteiger partial charge in [-0.2, -0.15) is 0 Å². The van der Waals surface area contributed by atoms with Crippen molar-refractivity contribution in [1.29, 1.82) is 0 Å². The molecule has 6 nitrogen and oxygen atoms in total. The summed E-state index contributed by atoms with van der Waals surface area (Å²) in [6, 6.07) is -0.137. The molecule has 2 unspecified atom stereocenters. The molecule has 0 radical (unpaired) electrons. The fourth-order valence-electron chi connectivity index (χ4n) is 2.64. The van der Waals surface area contributed by atoms with Gasteiger partial charge in [-0.15, -0.1) is 0 Å². The molecule has 0 aromatic rings. The summed E-state index contributed by atoms with van der Waals surface area (Å²) in [4.78, 5) is 25.8. The molecule has 0 spiro atoms. The number of amides is 2. The van der Waals surface area contributed by atoms with Crippen molar-refractivity contribution in [2.75, 3.05) is 39.8 Å². The van der Waals surface area contributed by atoms with E-state index in [2.05, 4.69) is 16.0 Å². The molecule has 2 amide bonds. The number of nitrogens with zero attached hydrogens (tertiary/aromatic N) is 1. The Kier molecular flexibility index (Phi) is 4.54. The van der Waals surface area contributed by atoms with E-state index in [1.165, 1.54) is 0 Å². The Morgan fingerprint density at radius 1 is 1.33 bits per heavy atom. The summed E-state index contributed by atoms with van der Waals surface area (Å²) in [6.45, 7) is 3.73. The minimum Gasteiger partial charge on any atom is -0.359 e. The molecule has 2 fully saturated rings. The van der Waals surface area contributed by atoms with Crippen LogP contribution < -0.4 is 16.0 Å². The lowest BCUT2D eigenvalue weighted by Crippen LogP contribution is -2.58. The number of piperazine rings is 1. The third-order valence-electron chi connectivity index (χ3n) is 3.69. The summed E-state index contributed by atoms with van der Waals surface area (Å²) >= 11 is 0. The summed E-state index contributed by atoms with van der Waals surface area (Å²) in [5.41, 5.74) is 0. The molecule has 0 saturated carbocycles. The Labute approximate surface area is 107 Å². The SMILES string of the molecule is CNC(=O)C1CCCN(C(=O)C2CNCCN2)C1. The molecule has 3 N–H and O–H groups in total. The first kappa shape index (κ1) is 13.3. The third kappa shape index (κ3) is 3.00. The molecule has 102 valence electrons. The maximum absolute atomic E-state index is 12.3. The minimum absolute atomic E-state index is 0.0437. The first-order chi connectivity index (χ1) is 8.72. The van der Waals surface area contributed by atoms with Crippen LogP contribution in [0.3, 0.4) is 0 Å². The molecule has 2 heterocycles. The number of nitrogens with one attached hydrogen (secondary N) is 3. The van der Waals surface area contributed by atoms with Gasteiger partial charge in [0, 0.05) is 39.8 Å².